The molecule has 0 unspecified atom stereocenters. The summed E-state index contributed by atoms with van der Waals surface area (Å²) in [6.45, 7) is 4.68. The average molecular weight is 502 g/mol. The lowest BCUT2D eigenvalue weighted by atomic mass is 9.82. The molecule has 0 spiro atoms. The fourth-order valence-electron chi connectivity index (χ4n) is 6.45. The van der Waals surface area contributed by atoms with Crippen molar-refractivity contribution < 1.29 is 4.42 Å². The quantitative estimate of drug-likeness (QED) is 0.239. The Morgan fingerprint density at radius 3 is 2.10 bits per heavy atom. The lowest BCUT2D eigenvalue weighted by Crippen LogP contribution is -2.14. The van der Waals surface area contributed by atoms with Crippen molar-refractivity contribution in [1.82, 2.24) is 0 Å². The third kappa shape index (κ3) is 3.28. The molecule has 7 aromatic rings. The van der Waals surface area contributed by atoms with E-state index in [1.54, 1.807) is 0 Å². The minimum absolute atomic E-state index is 0.00234. The molecule has 0 bridgehead atoms. The minimum Gasteiger partial charge on any atom is -0.456 e. The van der Waals surface area contributed by atoms with Gasteiger partial charge in [-0.1, -0.05) is 80.6 Å². The van der Waals surface area contributed by atoms with E-state index >= 15 is 0 Å². The summed E-state index contributed by atoms with van der Waals surface area (Å²) in [5, 5.41) is 4.77. The summed E-state index contributed by atoms with van der Waals surface area (Å²) in [5.74, 6) is 0. The molecule has 8 rings (SSSR count). The molecule has 0 fully saturated rings. The first-order valence-electron chi connectivity index (χ1n) is 13.5. The number of furan rings is 1. The van der Waals surface area contributed by atoms with Crippen molar-refractivity contribution in [3.8, 4) is 11.1 Å². The molecule has 1 aliphatic rings. The van der Waals surface area contributed by atoms with E-state index in [0.29, 0.717) is 0 Å². The maximum atomic E-state index is 6.13. The molecule has 6 aromatic carbocycles. The predicted octanol–water partition coefficient (Wildman–Crippen LogP) is 10.5. The first kappa shape index (κ1) is 22.2. The number of fused-ring (bicyclic) bond motifs is 7. The van der Waals surface area contributed by atoms with Crippen LogP contribution in [0.15, 0.2) is 132 Å². The van der Waals surface area contributed by atoms with Gasteiger partial charge in [-0.3, -0.25) is 0 Å². The maximum absolute atomic E-state index is 6.13. The zero-order valence-electron chi connectivity index (χ0n) is 22.0. The SMILES string of the molecule is CC1(C)c2ccccc2-c2cc3cc(N(c4ccccc4)c4ccc5oc6ccccc6c5c4)ccc3cc21. The Morgan fingerprint density at radius 2 is 1.21 bits per heavy atom. The number of benzene rings is 6. The van der Waals surface area contributed by atoms with Crippen LogP contribution in [0.3, 0.4) is 0 Å². The molecule has 0 N–H and O–H groups in total. The Morgan fingerprint density at radius 1 is 0.487 bits per heavy atom. The van der Waals surface area contributed by atoms with E-state index in [1.807, 2.05) is 12.1 Å². The fourth-order valence-corrected chi connectivity index (χ4v) is 6.45. The molecule has 39 heavy (non-hydrogen) atoms. The minimum atomic E-state index is -0.00234. The Labute approximate surface area is 227 Å². The summed E-state index contributed by atoms with van der Waals surface area (Å²) in [6, 6.07) is 45.8. The molecule has 0 saturated heterocycles. The molecule has 2 heteroatoms. The van der Waals surface area contributed by atoms with Crippen molar-refractivity contribution in [2.24, 2.45) is 0 Å². The second kappa shape index (κ2) is 8.09. The van der Waals surface area contributed by atoms with E-state index in [4.69, 9.17) is 4.42 Å². The lowest BCUT2D eigenvalue weighted by Gasteiger charge is -2.26. The Kier molecular flexibility index (Phi) is 4.60. The molecule has 1 aromatic heterocycles. The highest BCUT2D eigenvalue weighted by molar-refractivity contribution is 6.06. The third-order valence-electron chi connectivity index (χ3n) is 8.42. The second-order valence-electron chi connectivity index (χ2n) is 11.0. The molecule has 0 amide bonds. The first-order valence-corrected chi connectivity index (χ1v) is 13.5. The Balaban J connectivity index is 1.33. The van der Waals surface area contributed by atoms with Crippen LogP contribution in [0.4, 0.5) is 17.1 Å². The van der Waals surface area contributed by atoms with Crippen molar-refractivity contribution in [2.45, 2.75) is 19.3 Å². The highest BCUT2D eigenvalue weighted by atomic mass is 16.3. The van der Waals surface area contributed by atoms with Gasteiger partial charge in [0, 0.05) is 33.2 Å². The predicted molar refractivity (Wildman–Crippen MR) is 163 cm³/mol. The Bertz CT molecular complexity index is 2050. The van der Waals surface area contributed by atoms with E-state index in [2.05, 4.69) is 134 Å². The van der Waals surface area contributed by atoms with Crippen LogP contribution < -0.4 is 4.90 Å². The van der Waals surface area contributed by atoms with Gasteiger partial charge in [0.05, 0.1) is 0 Å². The van der Waals surface area contributed by atoms with Crippen molar-refractivity contribution in [1.29, 1.82) is 0 Å². The zero-order chi connectivity index (χ0) is 26.1. The molecule has 0 atom stereocenters. The average Bonchev–Trinajstić information content (AvgIpc) is 3.45. The summed E-state index contributed by atoms with van der Waals surface area (Å²) in [6.07, 6.45) is 0. The molecule has 0 saturated carbocycles. The van der Waals surface area contributed by atoms with Gasteiger partial charge in [-0.05, 0) is 93.7 Å². The monoisotopic (exact) mass is 501 g/mol. The van der Waals surface area contributed by atoms with Crippen molar-refractivity contribution in [3.05, 3.63) is 139 Å². The summed E-state index contributed by atoms with van der Waals surface area (Å²) in [5.41, 5.74) is 10.7. The molecule has 0 aliphatic heterocycles. The summed E-state index contributed by atoms with van der Waals surface area (Å²) < 4.78 is 6.13. The largest absolute Gasteiger partial charge is 0.456 e. The second-order valence-corrected chi connectivity index (χ2v) is 11.0. The summed E-state index contributed by atoms with van der Waals surface area (Å²) in [7, 11) is 0. The fraction of sp³-hybridized carbons (Fsp3) is 0.0811. The molecular weight excluding hydrogens is 474 g/mol. The molecule has 1 aliphatic carbocycles. The topological polar surface area (TPSA) is 16.4 Å². The first-order chi connectivity index (χ1) is 19.1. The smallest absolute Gasteiger partial charge is 0.135 e. The molecule has 1 heterocycles. The van der Waals surface area contributed by atoms with Gasteiger partial charge in [0.1, 0.15) is 11.2 Å². The summed E-state index contributed by atoms with van der Waals surface area (Å²) in [4.78, 5) is 2.34. The van der Waals surface area contributed by atoms with Crippen LogP contribution in [0.25, 0.3) is 43.8 Å². The van der Waals surface area contributed by atoms with Crippen LogP contribution in [0, 0.1) is 0 Å². The van der Waals surface area contributed by atoms with E-state index in [0.717, 1.165) is 39.0 Å². The number of nitrogens with zero attached hydrogens (tertiary/aromatic N) is 1. The van der Waals surface area contributed by atoms with E-state index in [-0.39, 0.29) is 5.41 Å². The van der Waals surface area contributed by atoms with Crippen molar-refractivity contribution in [2.75, 3.05) is 4.90 Å². The van der Waals surface area contributed by atoms with Gasteiger partial charge in [-0.2, -0.15) is 0 Å². The van der Waals surface area contributed by atoms with E-state index in [9.17, 15) is 0 Å². The molecule has 186 valence electrons. The zero-order valence-corrected chi connectivity index (χ0v) is 22.0. The van der Waals surface area contributed by atoms with Crippen LogP contribution in [-0.4, -0.2) is 0 Å². The van der Waals surface area contributed by atoms with Crippen molar-refractivity contribution in [3.63, 3.8) is 0 Å². The van der Waals surface area contributed by atoms with Crippen molar-refractivity contribution >= 4 is 49.8 Å². The number of para-hydroxylation sites is 2. The van der Waals surface area contributed by atoms with Crippen LogP contribution in [0.1, 0.15) is 25.0 Å². The molecular formula is C37H27NO. The number of rotatable bonds is 3. The van der Waals surface area contributed by atoms with Gasteiger partial charge in [-0.25, -0.2) is 0 Å². The summed E-state index contributed by atoms with van der Waals surface area (Å²) >= 11 is 0. The van der Waals surface area contributed by atoms with Crippen LogP contribution in [-0.2, 0) is 5.41 Å². The molecule has 2 nitrogen and oxygen atoms in total. The van der Waals surface area contributed by atoms with Crippen LogP contribution in [0.2, 0.25) is 0 Å². The number of anilines is 3. The third-order valence-corrected chi connectivity index (χ3v) is 8.42. The standard InChI is InChI=1S/C37H27NO/c1-37(2)33-14-8-6-12-29(33)31-21-25-20-27(17-16-24(25)22-34(31)37)38(26-10-4-3-5-11-26)28-18-19-36-32(23-28)30-13-7-9-15-35(30)39-36/h3-23H,1-2H3. The highest BCUT2D eigenvalue weighted by Crippen LogP contribution is 2.50. The normalized spacial score (nSPS) is 13.6. The van der Waals surface area contributed by atoms with Gasteiger partial charge < -0.3 is 9.32 Å². The van der Waals surface area contributed by atoms with Gasteiger partial charge in [0.2, 0.25) is 0 Å². The van der Waals surface area contributed by atoms with Gasteiger partial charge in [-0.15, -0.1) is 0 Å². The van der Waals surface area contributed by atoms with E-state index < -0.39 is 0 Å². The van der Waals surface area contributed by atoms with Gasteiger partial charge >= 0.3 is 0 Å². The van der Waals surface area contributed by atoms with Crippen LogP contribution >= 0.6 is 0 Å². The Hall–Kier alpha value is -4.82. The highest BCUT2D eigenvalue weighted by Gasteiger charge is 2.35. The van der Waals surface area contributed by atoms with Gasteiger partial charge in [0.25, 0.3) is 0 Å². The maximum Gasteiger partial charge on any atom is 0.135 e. The van der Waals surface area contributed by atoms with E-state index in [1.165, 1.54) is 33.0 Å². The number of hydrogen-bond donors (Lipinski definition) is 0. The lowest BCUT2D eigenvalue weighted by molar-refractivity contribution is 0.661. The van der Waals surface area contributed by atoms with Gasteiger partial charge in [0.15, 0.2) is 0 Å². The molecule has 0 radical (unpaired) electrons. The van der Waals surface area contributed by atoms with Crippen LogP contribution in [0.5, 0.6) is 0 Å². The number of hydrogen-bond acceptors (Lipinski definition) is 2.